The minimum absolute atomic E-state index is 0.108. The maximum absolute atomic E-state index is 13.8. The standard InChI is InChI=1S/C30H41N3O4/c1-7-14-23(28(35)33-37)24(19-20(2)3)27(34)32-26(30(4,5)6)29(36)31-25(21-15-10-8-11-16-21)22-17-12-9-13-18-22/h7-13,15-18,20,23-26,37H,1,14,19H2,2-6H3,(H,31,36)(H,32,34)(H,33,35)/t23-,24?,26+/m0/s1. The van der Waals surface area contributed by atoms with Gasteiger partial charge < -0.3 is 10.6 Å². The molecule has 37 heavy (non-hydrogen) atoms. The molecule has 4 N–H and O–H groups in total. The van der Waals surface area contributed by atoms with Crippen LogP contribution in [0.3, 0.4) is 0 Å². The van der Waals surface area contributed by atoms with Gasteiger partial charge in [0.05, 0.1) is 17.9 Å². The van der Waals surface area contributed by atoms with E-state index < -0.39 is 41.1 Å². The van der Waals surface area contributed by atoms with E-state index in [1.165, 1.54) is 0 Å². The Bertz CT molecular complexity index is 992. The average molecular weight is 508 g/mol. The molecule has 0 aromatic heterocycles. The fourth-order valence-electron chi connectivity index (χ4n) is 4.48. The molecule has 2 rings (SSSR count). The number of amides is 3. The molecule has 0 saturated carbocycles. The lowest BCUT2D eigenvalue weighted by atomic mass is 9.80. The zero-order valence-corrected chi connectivity index (χ0v) is 22.5. The van der Waals surface area contributed by atoms with E-state index in [0.29, 0.717) is 6.42 Å². The highest BCUT2D eigenvalue weighted by Gasteiger charge is 2.39. The largest absolute Gasteiger partial charge is 0.344 e. The topological polar surface area (TPSA) is 108 Å². The van der Waals surface area contributed by atoms with E-state index in [2.05, 4.69) is 17.2 Å². The number of hydroxylamine groups is 1. The Labute approximate surface area is 220 Å². The number of carbonyl (C=O) groups excluding carboxylic acids is 3. The first kappa shape index (κ1) is 29.8. The van der Waals surface area contributed by atoms with Gasteiger partial charge in [0.1, 0.15) is 6.04 Å². The lowest BCUT2D eigenvalue weighted by molar-refractivity contribution is -0.142. The van der Waals surface area contributed by atoms with Crippen molar-refractivity contribution in [1.82, 2.24) is 16.1 Å². The summed E-state index contributed by atoms with van der Waals surface area (Å²) in [5.41, 5.74) is 2.90. The smallest absolute Gasteiger partial charge is 0.247 e. The molecule has 2 aromatic rings. The molecular weight excluding hydrogens is 466 g/mol. The van der Waals surface area contributed by atoms with Crippen molar-refractivity contribution in [3.05, 3.63) is 84.4 Å². The van der Waals surface area contributed by atoms with Gasteiger partial charge in [-0.05, 0) is 35.3 Å². The predicted octanol–water partition coefficient (Wildman–Crippen LogP) is 4.78. The third-order valence-electron chi connectivity index (χ3n) is 6.38. The maximum atomic E-state index is 13.8. The SMILES string of the molecule is C=CC[C@H](C(=O)NO)C(CC(C)C)C(=O)N[C@H](C(=O)NC(c1ccccc1)c1ccccc1)C(C)(C)C. The number of carbonyl (C=O) groups is 3. The summed E-state index contributed by atoms with van der Waals surface area (Å²) in [5, 5.41) is 15.4. The van der Waals surface area contributed by atoms with Crippen molar-refractivity contribution in [1.29, 1.82) is 0 Å². The Morgan fingerprint density at radius 3 is 1.76 bits per heavy atom. The summed E-state index contributed by atoms with van der Waals surface area (Å²) in [5.74, 6) is -2.83. The Kier molecular flexibility index (Phi) is 11.1. The van der Waals surface area contributed by atoms with Crippen molar-refractivity contribution in [2.75, 3.05) is 0 Å². The second kappa shape index (κ2) is 13.7. The Morgan fingerprint density at radius 2 is 1.35 bits per heavy atom. The van der Waals surface area contributed by atoms with Crippen molar-refractivity contribution in [3.8, 4) is 0 Å². The van der Waals surface area contributed by atoms with Crippen molar-refractivity contribution < 1.29 is 19.6 Å². The summed E-state index contributed by atoms with van der Waals surface area (Å²) in [6.45, 7) is 13.3. The van der Waals surface area contributed by atoms with Gasteiger partial charge in [-0.15, -0.1) is 6.58 Å². The van der Waals surface area contributed by atoms with Crippen LogP contribution >= 0.6 is 0 Å². The van der Waals surface area contributed by atoms with Crippen LogP contribution in [0.5, 0.6) is 0 Å². The Morgan fingerprint density at radius 1 is 0.838 bits per heavy atom. The Balaban J connectivity index is 2.38. The fourth-order valence-corrected chi connectivity index (χ4v) is 4.48. The van der Waals surface area contributed by atoms with Crippen LogP contribution in [0.25, 0.3) is 0 Å². The number of rotatable bonds is 12. The van der Waals surface area contributed by atoms with E-state index in [1.54, 1.807) is 11.6 Å². The highest BCUT2D eigenvalue weighted by Crippen LogP contribution is 2.28. The highest BCUT2D eigenvalue weighted by atomic mass is 16.5. The molecule has 0 bridgehead atoms. The van der Waals surface area contributed by atoms with Gasteiger partial charge in [-0.3, -0.25) is 19.6 Å². The molecular formula is C30H41N3O4. The van der Waals surface area contributed by atoms with E-state index in [-0.39, 0.29) is 18.2 Å². The van der Waals surface area contributed by atoms with Gasteiger partial charge >= 0.3 is 0 Å². The molecule has 0 fully saturated rings. The molecule has 0 heterocycles. The molecule has 1 unspecified atom stereocenters. The highest BCUT2D eigenvalue weighted by molar-refractivity contribution is 5.92. The summed E-state index contributed by atoms with van der Waals surface area (Å²) in [7, 11) is 0. The maximum Gasteiger partial charge on any atom is 0.247 e. The fraction of sp³-hybridized carbons (Fsp3) is 0.433. The predicted molar refractivity (Wildman–Crippen MR) is 145 cm³/mol. The number of allylic oxidation sites excluding steroid dienone is 1. The van der Waals surface area contributed by atoms with Crippen LogP contribution in [0.1, 0.15) is 64.6 Å². The van der Waals surface area contributed by atoms with Crippen molar-refractivity contribution in [2.24, 2.45) is 23.2 Å². The molecule has 3 atom stereocenters. The summed E-state index contributed by atoms with van der Waals surface area (Å²) in [4.78, 5) is 39.8. The normalized spacial score (nSPS) is 13.9. The summed E-state index contributed by atoms with van der Waals surface area (Å²) in [6.07, 6.45) is 2.18. The van der Waals surface area contributed by atoms with Crippen LogP contribution in [0, 0.1) is 23.2 Å². The van der Waals surface area contributed by atoms with Gasteiger partial charge in [0.2, 0.25) is 17.7 Å². The zero-order chi connectivity index (χ0) is 27.6. The van der Waals surface area contributed by atoms with Crippen LogP contribution < -0.4 is 16.1 Å². The molecule has 200 valence electrons. The molecule has 7 heteroatoms. The van der Waals surface area contributed by atoms with E-state index >= 15 is 0 Å². The van der Waals surface area contributed by atoms with Gasteiger partial charge in [-0.25, -0.2) is 5.48 Å². The van der Waals surface area contributed by atoms with Crippen molar-refractivity contribution in [2.45, 2.75) is 59.5 Å². The quantitative estimate of drug-likeness (QED) is 0.188. The summed E-state index contributed by atoms with van der Waals surface area (Å²) >= 11 is 0. The first-order valence-electron chi connectivity index (χ1n) is 12.7. The second-order valence-corrected chi connectivity index (χ2v) is 10.9. The van der Waals surface area contributed by atoms with Crippen molar-refractivity contribution in [3.63, 3.8) is 0 Å². The Hall–Kier alpha value is -3.45. The third kappa shape index (κ3) is 8.57. The minimum atomic E-state index is -0.869. The van der Waals surface area contributed by atoms with Gasteiger partial charge in [-0.1, -0.05) is 101 Å². The molecule has 0 radical (unpaired) electrons. The van der Waals surface area contributed by atoms with E-state index in [1.807, 2.05) is 95.3 Å². The lowest BCUT2D eigenvalue weighted by Crippen LogP contribution is -2.56. The molecule has 7 nitrogen and oxygen atoms in total. The van der Waals surface area contributed by atoms with E-state index in [9.17, 15) is 19.6 Å². The molecule has 0 aliphatic rings. The molecule has 0 aliphatic heterocycles. The van der Waals surface area contributed by atoms with Crippen LogP contribution in [0.2, 0.25) is 0 Å². The lowest BCUT2D eigenvalue weighted by Gasteiger charge is -2.34. The van der Waals surface area contributed by atoms with E-state index in [0.717, 1.165) is 11.1 Å². The second-order valence-electron chi connectivity index (χ2n) is 10.9. The van der Waals surface area contributed by atoms with Crippen LogP contribution in [-0.2, 0) is 14.4 Å². The molecule has 0 aliphatic carbocycles. The van der Waals surface area contributed by atoms with Gasteiger partial charge in [0.25, 0.3) is 0 Å². The monoisotopic (exact) mass is 507 g/mol. The number of benzene rings is 2. The molecule has 0 spiro atoms. The van der Waals surface area contributed by atoms with E-state index in [4.69, 9.17) is 0 Å². The molecule has 0 saturated heterocycles. The average Bonchev–Trinajstić information content (AvgIpc) is 2.87. The number of nitrogens with one attached hydrogen (secondary N) is 3. The minimum Gasteiger partial charge on any atom is -0.344 e. The molecule has 2 aromatic carbocycles. The van der Waals surface area contributed by atoms with Gasteiger partial charge in [-0.2, -0.15) is 0 Å². The van der Waals surface area contributed by atoms with Crippen LogP contribution in [-0.4, -0.2) is 29.0 Å². The third-order valence-corrected chi connectivity index (χ3v) is 6.38. The summed E-state index contributed by atoms with van der Waals surface area (Å²) < 4.78 is 0. The van der Waals surface area contributed by atoms with Gasteiger partial charge in [0.15, 0.2) is 0 Å². The van der Waals surface area contributed by atoms with Crippen LogP contribution in [0.15, 0.2) is 73.3 Å². The first-order chi connectivity index (χ1) is 17.5. The summed E-state index contributed by atoms with van der Waals surface area (Å²) in [6, 6.07) is 18.1. The zero-order valence-electron chi connectivity index (χ0n) is 22.5. The van der Waals surface area contributed by atoms with Crippen molar-refractivity contribution >= 4 is 17.7 Å². The van der Waals surface area contributed by atoms with Crippen LogP contribution in [0.4, 0.5) is 0 Å². The van der Waals surface area contributed by atoms with Gasteiger partial charge in [0, 0.05) is 0 Å². The number of hydrogen-bond donors (Lipinski definition) is 4. The first-order valence-corrected chi connectivity index (χ1v) is 12.7. The number of hydrogen-bond acceptors (Lipinski definition) is 4. The molecule has 3 amide bonds.